The maximum atomic E-state index is 13.1. The molecule has 2 aliphatic carbocycles. The van der Waals surface area contributed by atoms with Crippen molar-refractivity contribution in [2.45, 2.75) is 56.7 Å². The highest BCUT2D eigenvalue weighted by molar-refractivity contribution is 7.10. The largest absolute Gasteiger partial charge is 0.352 e. The van der Waals surface area contributed by atoms with Crippen molar-refractivity contribution in [3.8, 4) is 0 Å². The first-order valence-corrected chi connectivity index (χ1v) is 8.94. The van der Waals surface area contributed by atoms with Gasteiger partial charge in [-0.25, -0.2) is 9.69 Å². The minimum Gasteiger partial charge on any atom is -0.352 e. The van der Waals surface area contributed by atoms with E-state index < -0.39 is 17.6 Å². The third-order valence-corrected chi connectivity index (χ3v) is 5.96. The van der Waals surface area contributed by atoms with Gasteiger partial charge in [-0.05, 0) is 50.5 Å². The lowest BCUT2D eigenvalue weighted by molar-refractivity contribution is -0.138. The molecule has 1 aromatic rings. The number of nitrogens with one attached hydrogen (secondary N) is 2. The number of carbonyl (C=O) groups is 3. The number of aryl methyl sites for hydroxylation is 1. The maximum absolute atomic E-state index is 13.1. The fourth-order valence-corrected chi connectivity index (χ4v) is 4.53. The van der Waals surface area contributed by atoms with Crippen LogP contribution in [-0.2, 0) is 21.5 Å². The normalized spacial score (nSPS) is 27.8. The highest BCUT2D eigenvalue weighted by Gasteiger charge is 2.56. The van der Waals surface area contributed by atoms with Crippen molar-refractivity contribution in [3.63, 3.8) is 0 Å². The Balaban J connectivity index is 1.63. The van der Waals surface area contributed by atoms with E-state index in [9.17, 15) is 14.4 Å². The average molecular weight is 333 g/mol. The number of thiophene rings is 1. The van der Waals surface area contributed by atoms with Crippen LogP contribution in [0.1, 0.15) is 43.0 Å². The van der Waals surface area contributed by atoms with Crippen molar-refractivity contribution in [2.24, 2.45) is 0 Å². The van der Waals surface area contributed by atoms with E-state index in [4.69, 9.17) is 0 Å². The number of hydrogen-bond acceptors (Lipinski definition) is 4. The summed E-state index contributed by atoms with van der Waals surface area (Å²) in [6, 6.07) is 0.882. The van der Waals surface area contributed by atoms with Gasteiger partial charge in [0.15, 0.2) is 0 Å². The lowest BCUT2D eigenvalue weighted by Gasteiger charge is -2.31. The second-order valence-electron chi connectivity index (χ2n) is 6.58. The Kier molecular flexibility index (Phi) is 3.23. The van der Waals surface area contributed by atoms with Gasteiger partial charge < -0.3 is 10.6 Å². The lowest BCUT2D eigenvalue weighted by Crippen LogP contribution is -2.50. The summed E-state index contributed by atoms with van der Waals surface area (Å²) in [6.45, 7) is 1.62. The van der Waals surface area contributed by atoms with Crippen LogP contribution in [0, 0.1) is 0 Å². The molecular formula is C16H19N3O3S. The topological polar surface area (TPSA) is 78.5 Å². The molecule has 1 spiro atoms. The predicted octanol–water partition coefficient (Wildman–Crippen LogP) is 1.50. The number of nitrogens with zero attached hydrogens (tertiary/aromatic N) is 1. The molecule has 6 nitrogen and oxygen atoms in total. The van der Waals surface area contributed by atoms with Crippen molar-refractivity contribution >= 4 is 29.2 Å². The molecular weight excluding hydrogens is 314 g/mol. The molecule has 4 rings (SSSR count). The number of carbonyl (C=O) groups excluding carboxylic acids is 3. The zero-order valence-electron chi connectivity index (χ0n) is 12.9. The Morgan fingerprint density at radius 3 is 3.00 bits per heavy atom. The number of imide groups is 1. The summed E-state index contributed by atoms with van der Waals surface area (Å²) < 4.78 is 0. The molecule has 2 atom stereocenters. The number of urea groups is 1. The Morgan fingerprint density at radius 2 is 2.26 bits per heavy atom. The molecule has 2 N–H and O–H groups in total. The summed E-state index contributed by atoms with van der Waals surface area (Å²) in [7, 11) is 0. The number of rotatable bonds is 3. The first kappa shape index (κ1) is 14.7. The van der Waals surface area contributed by atoms with Crippen LogP contribution in [0.5, 0.6) is 0 Å². The Labute approximate surface area is 138 Å². The fraction of sp³-hybridized carbons (Fsp3) is 0.562. The van der Waals surface area contributed by atoms with Crippen LogP contribution in [0.2, 0.25) is 0 Å². The molecule has 2 heterocycles. The Hall–Kier alpha value is -1.89. The van der Waals surface area contributed by atoms with Gasteiger partial charge in [0, 0.05) is 16.5 Å². The fourth-order valence-electron chi connectivity index (χ4n) is 3.53. The van der Waals surface area contributed by atoms with E-state index in [0.717, 1.165) is 41.0 Å². The number of fused-ring (bicyclic) bond motifs is 2. The van der Waals surface area contributed by atoms with E-state index in [1.165, 1.54) is 0 Å². The predicted molar refractivity (Wildman–Crippen MR) is 84.9 cm³/mol. The molecule has 4 amide bonds. The van der Waals surface area contributed by atoms with Crippen LogP contribution < -0.4 is 10.6 Å². The van der Waals surface area contributed by atoms with E-state index >= 15 is 0 Å². The van der Waals surface area contributed by atoms with Crippen LogP contribution >= 0.6 is 11.3 Å². The Bertz CT molecular complexity index is 696. The molecule has 0 unspecified atom stereocenters. The molecule has 0 aromatic carbocycles. The summed E-state index contributed by atoms with van der Waals surface area (Å²) in [4.78, 5) is 40.0. The minimum absolute atomic E-state index is 0.206. The summed E-state index contributed by atoms with van der Waals surface area (Å²) >= 11 is 1.62. The van der Waals surface area contributed by atoms with Gasteiger partial charge in [0.2, 0.25) is 5.91 Å². The van der Waals surface area contributed by atoms with E-state index in [-0.39, 0.29) is 17.9 Å². The molecule has 0 bridgehead atoms. The van der Waals surface area contributed by atoms with Crippen molar-refractivity contribution in [3.05, 3.63) is 21.9 Å². The zero-order valence-corrected chi connectivity index (χ0v) is 13.7. The Morgan fingerprint density at radius 1 is 1.48 bits per heavy atom. The van der Waals surface area contributed by atoms with Crippen molar-refractivity contribution in [2.75, 3.05) is 0 Å². The van der Waals surface area contributed by atoms with Crippen molar-refractivity contribution in [1.29, 1.82) is 0 Å². The molecule has 0 radical (unpaired) electrons. The first-order chi connectivity index (χ1) is 11.0. The SMILES string of the molecule is C[C@H](C(=O)NC1CC1)N1C(=O)N[C@]2(CCCc3sccc32)C1=O. The van der Waals surface area contributed by atoms with Crippen LogP contribution in [0.4, 0.5) is 4.79 Å². The molecule has 1 saturated carbocycles. The average Bonchev–Trinajstić information content (AvgIpc) is 3.12. The highest BCUT2D eigenvalue weighted by atomic mass is 32.1. The van der Waals surface area contributed by atoms with Crippen molar-refractivity contribution < 1.29 is 14.4 Å². The number of amides is 4. The second-order valence-corrected chi connectivity index (χ2v) is 7.58. The van der Waals surface area contributed by atoms with E-state index in [2.05, 4.69) is 10.6 Å². The molecule has 23 heavy (non-hydrogen) atoms. The molecule has 122 valence electrons. The molecule has 1 saturated heterocycles. The van der Waals surface area contributed by atoms with Gasteiger partial charge in [0.1, 0.15) is 11.6 Å². The molecule has 2 fully saturated rings. The molecule has 1 aromatic heterocycles. The monoisotopic (exact) mass is 333 g/mol. The van der Waals surface area contributed by atoms with Crippen LogP contribution in [-0.4, -0.2) is 34.8 Å². The second kappa shape index (κ2) is 5.06. The highest BCUT2D eigenvalue weighted by Crippen LogP contribution is 2.42. The third kappa shape index (κ3) is 2.17. The molecule has 1 aliphatic heterocycles. The number of hydrogen-bond donors (Lipinski definition) is 2. The van der Waals surface area contributed by atoms with Gasteiger partial charge in [-0.3, -0.25) is 9.59 Å². The van der Waals surface area contributed by atoms with Crippen molar-refractivity contribution in [1.82, 2.24) is 15.5 Å². The smallest absolute Gasteiger partial charge is 0.326 e. The molecule has 3 aliphatic rings. The van der Waals surface area contributed by atoms with Gasteiger partial charge in [-0.1, -0.05) is 0 Å². The standard InChI is InChI=1S/C16H19N3O3S/c1-9(13(20)17-10-4-5-10)19-14(21)16(18-15(19)22)7-2-3-12-11(16)6-8-23-12/h6,8-10H,2-5,7H2,1H3,(H,17,20)(H,18,22)/t9-,16+/m1/s1. The summed E-state index contributed by atoms with van der Waals surface area (Å²) in [5.74, 6) is -0.547. The van der Waals surface area contributed by atoms with E-state index in [1.807, 2.05) is 11.4 Å². The van der Waals surface area contributed by atoms with E-state index in [0.29, 0.717) is 6.42 Å². The minimum atomic E-state index is -0.973. The lowest BCUT2D eigenvalue weighted by atomic mass is 9.80. The maximum Gasteiger partial charge on any atom is 0.326 e. The van der Waals surface area contributed by atoms with Gasteiger partial charge in [-0.15, -0.1) is 11.3 Å². The van der Waals surface area contributed by atoms with Crippen LogP contribution in [0.3, 0.4) is 0 Å². The van der Waals surface area contributed by atoms with Crippen LogP contribution in [0.15, 0.2) is 11.4 Å². The zero-order chi connectivity index (χ0) is 16.2. The van der Waals surface area contributed by atoms with Gasteiger partial charge in [-0.2, -0.15) is 0 Å². The van der Waals surface area contributed by atoms with Crippen LogP contribution in [0.25, 0.3) is 0 Å². The summed E-state index contributed by atoms with van der Waals surface area (Å²) in [5, 5.41) is 7.71. The van der Waals surface area contributed by atoms with Gasteiger partial charge in [0.25, 0.3) is 5.91 Å². The first-order valence-electron chi connectivity index (χ1n) is 8.06. The quantitative estimate of drug-likeness (QED) is 0.823. The summed E-state index contributed by atoms with van der Waals surface area (Å²) in [6.07, 6.45) is 4.34. The molecule has 7 heteroatoms. The van der Waals surface area contributed by atoms with Gasteiger partial charge >= 0.3 is 6.03 Å². The van der Waals surface area contributed by atoms with E-state index in [1.54, 1.807) is 18.3 Å². The van der Waals surface area contributed by atoms with Gasteiger partial charge in [0.05, 0.1) is 0 Å². The summed E-state index contributed by atoms with van der Waals surface area (Å²) in [5.41, 5.74) is -0.0666. The third-order valence-electron chi connectivity index (χ3n) is 4.97.